The predicted octanol–water partition coefficient (Wildman–Crippen LogP) is 2.00. The molecule has 1 aliphatic heterocycles. The zero-order chi connectivity index (χ0) is 15.2. The number of hydrogen-bond donors (Lipinski definition) is 2. The lowest BCUT2D eigenvalue weighted by Crippen LogP contribution is -2.36. The smallest absolute Gasteiger partial charge is 0.238 e. The van der Waals surface area contributed by atoms with Crippen LogP contribution in [0.5, 0.6) is 0 Å². The van der Waals surface area contributed by atoms with Crippen LogP contribution in [0.25, 0.3) is 0 Å². The van der Waals surface area contributed by atoms with Crippen LogP contribution in [0, 0.1) is 0 Å². The fourth-order valence-corrected chi connectivity index (χ4v) is 2.96. The zero-order valence-electron chi connectivity index (χ0n) is 12.4. The number of halogens is 1. The van der Waals surface area contributed by atoms with Crippen LogP contribution in [0.1, 0.15) is 12.8 Å². The molecule has 3 N–H and O–H groups in total. The number of nitrogens with one attached hydrogen (secondary N) is 1. The third-order valence-corrected chi connectivity index (χ3v) is 4.33. The number of rotatable bonds is 6. The van der Waals surface area contributed by atoms with Crippen LogP contribution in [0.3, 0.4) is 0 Å². The summed E-state index contributed by atoms with van der Waals surface area (Å²) in [6.45, 7) is 4.73. The van der Waals surface area contributed by atoms with Gasteiger partial charge in [-0.1, -0.05) is 0 Å². The summed E-state index contributed by atoms with van der Waals surface area (Å²) in [5, 5.41) is 2.90. The lowest BCUT2D eigenvalue weighted by molar-refractivity contribution is -0.117. The van der Waals surface area contributed by atoms with Crippen LogP contribution in [-0.2, 0) is 4.79 Å². The first-order valence-corrected chi connectivity index (χ1v) is 8.09. The first kappa shape index (κ1) is 16.3. The molecule has 5 nitrogen and oxygen atoms in total. The monoisotopic (exact) mass is 354 g/mol. The van der Waals surface area contributed by atoms with E-state index in [1.807, 2.05) is 13.1 Å². The molecule has 21 heavy (non-hydrogen) atoms. The minimum atomic E-state index is -0.00982. The Kier molecular flexibility index (Phi) is 6.02. The van der Waals surface area contributed by atoms with Crippen molar-refractivity contribution in [3.8, 4) is 0 Å². The van der Waals surface area contributed by atoms with Crippen molar-refractivity contribution < 1.29 is 4.79 Å². The lowest BCUT2D eigenvalue weighted by atomic mass is 10.3. The Hall–Kier alpha value is -1.11. The summed E-state index contributed by atoms with van der Waals surface area (Å²) in [4.78, 5) is 16.5. The molecule has 0 atom stereocenters. The minimum Gasteiger partial charge on any atom is -0.399 e. The highest BCUT2D eigenvalue weighted by molar-refractivity contribution is 9.10. The molecular weight excluding hydrogens is 332 g/mol. The number of carbonyl (C=O) groups is 1. The molecule has 0 aromatic heterocycles. The second-order valence-electron chi connectivity index (χ2n) is 5.57. The molecule has 0 spiro atoms. The van der Waals surface area contributed by atoms with E-state index in [-0.39, 0.29) is 5.91 Å². The van der Waals surface area contributed by atoms with Crippen LogP contribution in [0.4, 0.5) is 11.4 Å². The van der Waals surface area contributed by atoms with Crippen LogP contribution < -0.4 is 11.1 Å². The second-order valence-corrected chi connectivity index (χ2v) is 6.43. The molecule has 1 fully saturated rings. The Labute approximate surface area is 134 Å². The Morgan fingerprint density at radius 1 is 1.43 bits per heavy atom. The van der Waals surface area contributed by atoms with Crippen molar-refractivity contribution >= 4 is 33.2 Å². The van der Waals surface area contributed by atoms with Gasteiger partial charge in [-0.2, -0.15) is 0 Å². The SMILES string of the molecule is CN(CCN1CCCC1)CC(=O)Nc1ccc(N)cc1Br. The molecule has 2 rings (SSSR count). The van der Waals surface area contributed by atoms with E-state index < -0.39 is 0 Å². The number of carbonyl (C=O) groups excluding carboxylic acids is 1. The Morgan fingerprint density at radius 3 is 2.81 bits per heavy atom. The van der Waals surface area contributed by atoms with Gasteiger partial charge in [0, 0.05) is 23.2 Å². The number of likely N-dealkylation sites (tertiary alicyclic amines) is 1. The van der Waals surface area contributed by atoms with E-state index >= 15 is 0 Å². The first-order chi connectivity index (χ1) is 10.0. The largest absolute Gasteiger partial charge is 0.399 e. The molecule has 0 radical (unpaired) electrons. The Balaban J connectivity index is 1.75. The number of hydrogen-bond acceptors (Lipinski definition) is 4. The molecule has 1 aromatic rings. The molecular formula is C15H23BrN4O. The van der Waals surface area contributed by atoms with E-state index in [1.165, 1.54) is 25.9 Å². The first-order valence-electron chi connectivity index (χ1n) is 7.30. The number of nitrogen functional groups attached to an aromatic ring is 1. The quantitative estimate of drug-likeness (QED) is 0.767. The number of anilines is 2. The summed E-state index contributed by atoms with van der Waals surface area (Å²) in [6.07, 6.45) is 2.60. The highest BCUT2D eigenvalue weighted by Crippen LogP contribution is 2.24. The molecule has 0 bridgehead atoms. The molecule has 6 heteroatoms. The summed E-state index contributed by atoms with van der Waals surface area (Å²) in [5.74, 6) is -0.00982. The molecule has 1 amide bonds. The number of likely N-dealkylation sites (N-methyl/N-ethyl adjacent to an activating group) is 1. The van der Waals surface area contributed by atoms with Crippen molar-refractivity contribution in [1.29, 1.82) is 0 Å². The molecule has 1 aliphatic rings. The topological polar surface area (TPSA) is 61.6 Å². The van der Waals surface area contributed by atoms with Crippen molar-refractivity contribution in [2.45, 2.75) is 12.8 Å². The Morgan fingerprint density at radius 2 is 2.14 bits per heavy atom. The van der Waals surface area contributed by atoms with Gasteiger partial charge >= 0.3 is 0 Å². The van der Waals surface area contributed by atoms with Gasteiger partial charge in [0.25, 0.3) is 0 Å². The predicted molar refractivity (Wildman–Crippen MR) is 90.4 cm³/mol. The van der Waals surface area contributed by atoms with Crippen LogP contribution in [0.2, 0.25) is 0 Å². The summed E-state index contributed by atoms with van der Waals surface area (Å²) in [6, 6.07) is 5.37. The average molecular weight is 355 g/mol. The average Bonchev–Trinajstić information content (AvgIpc) is 2.93. The highest BCUT2D eigenvalue weighted by Gasteiger charge is 2.13. The standard InChI is InChI=1S/C15H23BrN4O/c1-19(8-9-20-6-2-3-7-20)11-15(21)18-14-5-4-12(17)10-13(14)16/h4-5,10H,2-3,6-9,11,17H2,1H3,(H,18,21). The van der Waals surface area contributed by atoms with Crippen molar-refractivity contribution in [3.63, 3.8) is 0 Å². The third-order valence-electron chi connectivity index (χ3n) is 3.68. The van der Waals surface area contributed by atoms with Gasteiger partial charge in [-0.25, -0.2) is 0 Å². The van der Waals surface area contributed by atoms with Crippen LogP contribution in [-0.4, -0.2) is 55.5 Å². The van der Waals surface area contributed by atoms with Gasteiger partial charge in [0.15, 0.2) is 0 Å². The minimum absolute atomic E-state index is 0.00982. The summed E-state index contributed by atoms with van der Waals surface area (Å²) in [7, 11) is 1.98. The summed E-state index contributed by atoms with van der Waals surface area (Å²) >= 11 is 3.40. The van der Waals surface area contributed by atoms with Crippen LogP contribution in [0.15, 0.2) is 22.7 Å². The maximum absolute atomic E-state index is 12.0. The van der Waals surface area contributed by atoms with Gasteiger partial charge < -0.3 is 16.0 Å². The number of nitrogens with two attached hydrogens (primary N) is 1. The maximum atomic E-state index is 12.0. The van der Waals surface area contributed by atoms with Gasteiger partial charge in [0.2, 0.25) is 5.91 Å². The van der Waals surface area contributed by atoms with E-state index in [0.717, 1.165) is 23.2 Å². The van der Waals surface area contributed by atoms with E-state index in [4.69, 9.17) is 5.73 Å². The lowest BCUT2D eigenvalue weighted by Gasteiger charge is -2.21. The van der Waals surface area contributed by atoms with Crippen molar-refractivity contribution in [2.24, 2.45) is 0 Å². The van der Waals surface area contributed by atoms with E-state index in [2.05, 4.69) is 31.0 Å². The number of benzene rings is 1. The summed E-state index contributed by atoms with van der Waals surface area (Å²) < 4.78 is 0.801. The van der Waals surface area contributed by atoms with Crippen LogP contribution >= 0.6 is 15.9 Å². The molecule has 0 aliphatic carbocycles. The molecule has 116 valence electrons. The van der Waals surface area contributed by atoms with Gasteiger partial charge in [-0.3, -0.25) is 9.69 Å². The highest BCUT2D eigenvalue weighted by atomic mass is 79.9. The molecule has 1 saturated heterocycles. The fourth-order valence-electron chi connectivity index (χ4n) is 2.47. The molecule has 0 unspecified atom stereocenters. The van der Waals surface area contributed by atoms with Gasteiger partial charge in [-0.05, 0) is 67.1 Å². The van der Waals surface area contributed by atoms with Gasteiger partial charge in [0.05, 0.1) is 12.2 Å². The van der Waals surface area contributed by atoms with E-state index in [1.54, 1.807) is 12.1 Å². The summed E-state index contributed by atoms with van der Waals surface area (Å²) in [5.41, 5.74) is 7.10. The van der Waals surface area contributed by atoms with E-state index in [0.29, 0.717) is 12.2 Å². The fraction of sp³-hybridized carbons (Fsp3) is 0.533. The Bertz CT molecular complexity index is 489. The normalized spacial score (nSPS) is 15.6. The van der Waals surface area contributed by atoms with Gasteiger partial charge in [0.1, 0.15) is 0 Å². The van der Waals surface area contributed by atoms with Gasteiger partial charge in [-0.15, -0.1) is 0 Å². The molecule has 0 saturated carbocycles. The van der Waals surface area contributed by atoms with Crippen molar-refractivity contribution in [2.75, 3.05) is 50.8 Å². The number of nitrogens with zero attached hydrogens (tertiary/aromatic N) is 2. The van der Waals surface area contributed by atoms with E-state index in [9.17, 15) is 4.79 Å². The second kappa shape index (κ2) is 7.77. The molecule has 1 heterocycles. The maximum Gasteiger partial charge on any atom is 0.238 e. The third kappa shape index (κ3) is 5.30. The number of amides is 1. The zero-order valence-corrected chi connectivity index (χ0v) is 14.0. The van der Waals surface area contributed by atoms with Crippen molar-refractivity contribution in [1.82, 2.24) is 9.80 Å². The van der Waals surface area contributed by atoms with Crippen molar-refractivity contribution in [3.05, 3.63) is 22.7 Å². The molecule has 1 aromatic carbocycles.